The predicted octanol–water partition coefficient (Wildman–Crippen LogP) is 2.33. The van der Waals surface area contributed by atoms with E-state index in [1.54, 1.807) is 0 Å². The second kappa shape index (κ2) is 5.16. The Hall–Kier alpha value is -1.03. The average Bonchev–Trinajstić information content (AvgIpc) is 2.80. The molecule has 1 saturated heterocycles. The van der Waals surface area contributed by atoms with Crippen molar-refractivity contribution >= 4 is 6.01 Å². The van der Waals surface area contributed by atoms with Gasteiger partial charge in [0.05, 0.1) is 5.69 Å². The summed E-state index contributed by atoms with van der Waals surface area (Å²) in [6.45, 7) is 4.76. The van der Waals surface area contributed by atoms with Crippen LogP contribution in [0.5, 0.6) is 0 Å². The molecule has 2 atom stereocenters. The molecule has 2 aliphatic rings. The van der Waals surface area contributed by atoms with Crippen LogP contribution in [-0.2, 0) is 12.8 Å². The lowest BCUT2D eigenvalue weighted by Gasteiger charge is -2.43. The Balaban J connectivity index is 1.82. The van der Waals surface area contributed by atoms with Gasteiger partial charge in [0.15, 0.2) is 0 Å². The highest BCUT2D eigenvalue weighted by atomic mass is 16.4. The fraction of sp³-hybridized carbons (Fsp3) is 0.800. The van der Waals surface area contributed by atoms with E-state index in [1.807, 2.05) is 19.0 Å². The van der Waals surface area contributed by atoms with Crippen molar-refractivity contribution in [1.29, 1.82) is 0 Å². The van der Waals surface area contributed by atoms with Crippen molar-refractivity contribution in [2.45, 2.75) is 45.1 Å². The highest BCUT2D eigenvalue weighted by molar-refractivity contribution is 5.30. The van der Waals surface area contributed by atoms with E-state index in [4.69, 9.17) is 4.42 Å². The lowest BCUT2D eigenvalue weighted by atomic mass is 9.79. The zero-order valence-corrected chi connectivity index (χ0v) is 12.4. The monoisotopic (exact) mass is 263 g/mol. The van der Waals surface area contributed by atoms with Gasteiger partial charge in [0, 0.05) is 26.6 Å². The minimum atomic E-state index is 0.684. The number of oxazole rings is 1. The molecule has 0 radical (unpaired) electrons. The molecule has 0 amide bonds. The number of aromatic nitrogens is 1. The van der Waals surface area contributed by atoms with Gasteiger partial charge < -0.3 is 9.32 Å². The molecule has 1 fully saturated rings. The molecule has 0 bridgehead atoms. The Labute approximate surface area is 115 Å². The van der Waals surface area contributed by atoms with Gasteiger partial charge in [-0.2, -0.15) is 4.98 Å². The predicted molar refractivity (Wildman–Crippen MR) is 76.6 cm³/mol. The second-order valence-electron chi connectivity index (χ2n) is 6.17. The largest absolute Gasteiger partial charge is 0.428 e. The van der Waals surface area contributed by atoms with Crippen molar-refractivity contribution in [1.82, 2.24) is 9.88 Å². The molecule has 0 aromatic carbocycles. The molecule has 4 nitrogen and oxygen atoms in total. The molecule has 2 unspecified atom stereocenters. The first-order valence-electron chi connectivity index (χ1n) is 7.59. The molecule has 19 heavy (non-hydrogen) atoms. The van der Waals surface area contributed by atoms with Crippen LogP contribution in [0, 0.1) is 5.92 Å². The Morgan fingerprint density at radius 3 is 2.95 bits per heavy atom. The molecular weight excluding hydrogens is 238 g/mol. The summed E-state index contributed by atoms with van der Waals surface area (Å²) in [6.07, 6.45) is 6.11. The molecule has 0 spiro atoms. The SMILES string of the molecule is CCCN1CCCC2Cc3nc(N(C)C)oc3CC21. The van der Waals surface area contributed by atoms with Crippen molar-refractivity contribution in [3.05, 3.63) is 11.5 Å². The van der Waals surface area contributed by atoms with Gasteiger partial charge >= 0.3 is 0 Å². The van der Waals surface area contributed by atoms with Crippen molar-refractivity contribution < 1.29 is 4.42 Å². The van der Waals surface area contributed by atoms with E-state index in [0.29, 0.717) is 6.04 Å². The number of anilines is 1. The smallest absolute Gasteiger partial charge is 0.297 e. The number of nitrogens with zero attached hydrogens (tertiary/aromatic N) is 3. The van der Waals surface area contributed by atoms with E-state index in [9.17, 15) is 0 Å². The van der Waals surface area contributed by atoms with Crippen LogP contribution in [0.15, 0.2) is 4.42 Å². The van der Waals surface area contributed by atoms with E-state index in [-0.39, 0.29) is 0 Å². The Morgan fingerprint density at radius 2 is 2.21 bits per heavy atom. The van der Waals surface area contributed by atoms with Crippen LogP contribution < -0.4 is 4.90 Å². The fourth-order valence-electron chi connectivity index (χ4n) is 3.63. The van der Waals surface area contributed by atoms with E-state index >= 15 is 0 Å². The molecular formula is C15H25N3O. The third-order valence-electron chi connectivity index (χ3n) is 4.54. The fourth-order valence-corrected chi connectivity index (χ4v) is 3.63. The zero-order chi connectivity index (χ0) is 13.4. The summed E-state index contributed by atoms with van der Waals surface area (Å²) in [6, 6.07) is 1.45. The van der Waals surface area contributed by atoms with Gasteiger partial charge in [0.2, 0.25) is 0 Å². The van der Waals surface area contributed by atoms with Gasteiger partial charge in [0.1, 0.15) is 5.76 Å². The van der Waals surface area contributed by atoms with Gasteiger partial charge in [-0.05, 0) is 44.7 Å². The van der Waals surface area contributed by atoms with Gasteiger partial charge in [-0.25, -0.2) is 0 Å². The summed E-state index contributed by atoms with van der Waals surface area (Å²) < 4.78 is 5.93. The molecule has 2 heterocycles. The standard InChI is InChI=1S/C15H25N3O/c1-4-7-18-8-5-6-11-9-12-14(10-13(11)18)19-15(16-12)17(2)3/h11,13H,4-10H2,1-3H3. The molecule has 0 saturated carbocycles. The summed E-state index contributed by atoms with van der Waals surface area (Å²) in [7, 11) is 3.99. The van der Waals surface area contributed by atoms with Crippen molar-refractivity contribution in [2.75, 3.05) is 32.1 Å². The number of piperidine rings is 1. The molecule has 4 heteroatoms. The zero-order valence-electron chi connectivity index (χ0n) is 12.4. The van der Waals surface area contributed by atoms with Crippen LogP contribution in [-0.4, -0.2) is 43.1 Å². The summed E-state index contributed by atoms with van der Waals surface area (Å²) in [5.74, 6) is 1.92. The number of hydrogen-bond donors (Lipinski definition) is 0. The average molecular weight is 263 g/mol. The van der Waals surface area contributed by atoms with E-state index < -0.39 is 0 Å². The van der Waals surface area contributed by atoms with Crippen LogP contribution in [0.2, 0.25) is 0 Å². The summed E-state index contributed by atoms with van der Waals surface area (Å²) in [5, 5.41) is 0. The third kappa shape index (κ3) is 2.38. The van der Waals surface area contributed by atoms with Crippen molar-refractivity contribution in [2.24, 2.45) is 5.92 Å². The molecule has 1 aliphatic heterocycles. The van der Waals surface area contributed by atoms with Crippen LogP contribution in [0.4, 0.5) is 6.01 Å². The Kier molecular flexibility index (Phi) is 3.52. The lowest BCUT2D eigenvalue weighted by Crippen LogP contribution is -2.49. The summed E-state index contributed by atoms with van der Waals surface area (Å²) >= 11 is 0. The summed E-state index contributed by atoms with van der Waals surface area (Å²) in [4.78, 5) is 9.29. The highest BCUT2D eigenvalue weighted by Crippen LogP contribution is 2.36. The normalized spacial score (nSPS) is 26.9. The van der Waals surface area contributed by atoms with Crippen LogP contribution in [0.1, 0.15) is 37.6 Å². The third-order valence-corrected chi connectivity index (χ3v) is 4.54. The van der Waals surface area contributed by atoms with Gasteiger partial charge in [-0.3, -0.25) is 4.90 Å². The Morgan fingerprint density at radius 1 is 1.37 bits per heavy atom. The van der Waals surface area contributed by atoms with Crippen LogP contribution >= 0.6 is 0 Å². The second-order valence-corrected chi connectivity index (χ2v) is 6.17. The molecule has 1 aromatic rings. The summed E-state index contributed by atoms with van der Waals surface area (Å²) in [5.41, 5.74) is 1.21. The minimum absolute atomic E-state index is 0.684. The van der Waals surface area contributed by atoms with E-state index in [2.05, 4.69) is 16.8 Å². The first-order chi connectivity index (χ1) is 9.19. The van der Waals surface area contributed by atoms with E-state index in [1.165, 1.54) is 38.0 Å². The molecule has 1 aliphatic carbocycles. The van der Waals surface area contributed by atoms with Crippen LogP contribution in [0.25, 0.3) is 0 Å². The van der Waals surface area contributed by atoms with E-state index in [0.717, 1.165) is 30.5 Å². The minimum Gasteiger partial charge on any atom is -0.428 e. The Bertz CT molecular complexity index is 439. The number of likely N-dealkylation sites (tertiary alicyclic amines) is 1. The van der Waals surface area contributed by atoms with Crippen molar-refractivity contribution in [3.63, 3.8) is 0 Å². The number of fused-ring (bicyclic) bond motifs is 2. The maximum atomic E-state index is 5.93. The number of rotatable bonds is 3. The van der Waals surface area contributed by atoms with Gasteiger partial charge in [-0.1, -0.05) is 6.92 Å². The molecule has 1 aromatic heterocycles. The quantitative estimate of drug-likeness (QED) is 0.838. The van der Waals surface area contributed by atoms with Gasteiger partial charge in [-0.15, -0.1) is 0 Å². The molecule has 0 N–H and O–H groups in total. The first-order valence-corrected chi connectivity index (χ1v) is 7.59. The maximum absolute atomic E-state index is 5.93. The first kappa shape index (κ1) is 13.0. The van der Waals surface area contributed by atoms with Gasteiger partial charge in [0.25, 0.3) is 6.01 Å². The molecule has 3 rings (SSSR count). The maximum Gasteiger partial charge on any atom is 0.297 e. The lowest BCUT2D eigenvalue weighted by molar-refractivity contribution is 0.0799. The van der Waals surface area contributed by atoms with Crippen molar-refractivity contribution in [3.8, 4) is 0 Å². The molecule has 106 valence electrons. The van der Waals surface area contributed by atoms with Crippen LogP contribution in [0.3, 0.4) is 0 Å². The highest BCUT2D eigenvalue weighted by Gasteiger charge is 2.37. The number of hydrogen-bond acceptors (Lipinski definition) is 4. The topological polar surface area (TPSA) is 32.5 Å².